The number of ether oxygens (including phenoxy) is 1. The second-order valence-corrected chi connectivity index (χ2v) is 6.08. The molecule has 1 aliphatic rings. The van der Waals surface area contributed by atoms with Crippen molar-refractivity contribution in [3.63, 3.8) is 0 Å². The molecule has 0 radical (unpaired) electrons. The summed E-state index contributed by atoms with van der Waals surface area (Å²) >= 11 is 0.992. The van der Waals surface area contributed by atoms with E-state index in [1.165, 1.54) is 0 Å². The number of nitrogens with one attached hydrogen (secondary N) is 1. The van der Waals surface area contributed by atoms with Crippen LogP contribution < -0.4 is 5.32 Å². The molecule has 2 atom stereocenters. The number of aromatic nitrogens is 2. The second-order valence-electron chi connectivity index (χ2n) is 5.32. The molecule has 1 aromatic heterocycles. The number of carbonyl (C=O) groups excluding carboxylic acids is 2. The Morgan fingerprint density at radius 2 is 2.21 bits per heavy atom. The lowest BCUT2D eigenvalue weighted by Crippen LogP contribution is -2.32. The third kappa shape index (κ3) is 5.05. The summed E-state index contributed by atoms with van der Waals surface area (Å²) in [4.78, 5) is 27.7. The van der Waals surface area contributed by atoms with Crippen molar-refractivity contribution >= 4 is 23.4 Å². The van der Waals surface area contributed by atoms with Gasteiger partial charge in [0.1, 0.15) is 5.82 Å². The zero-order valence-corrected chi connectivity index (χ0v) is 14.0. The number of esters is 1. The van der Waals surface area contributed by atoms with E-state index in [-0.39, 0.29) is 42.3 Å². The van der Waals surface area contributed by atoms with Crippen LogP contribution in [-0.2, 0) is 9.53 Å². The van der Waals surface area contributed by atoms with Crippen molar-refractivity contribution in [3.8, 4) is 0 Å². The first-order valence-corrected chi connectivity index (χ1v) is 8.53. The SMILES string of the molecule is CCOC(=O)c1nc(C2C=CC(C(=O)NCCC(F)F)CC2)ns1. The van der Waals surface area contributed by atoms with Crippen LogP contribution in [0.2, 0.25) is 0 Å². The minimum absolute atomic E-state index is 0.0270. The lowest BCUT2D eigenvalue weighted by atomic mass is 9.87. The van der Waals surface area contributed by atoms with Crippen LogP contribution in [0.1, 0.15) is 47.7 Å². The van der Waals surface area contributed by atoms with Crippen molar-refractivity contribution in [3.05, 3.63) is 23.0 Å². The lowest BCUT2D eigenvalue weighted by molar-refractivity contribution is -0.124. The van der Waals surface area contributed by atoms with Gasteiger partial charge in [-0.3, -0.25) is 4.79 Å². The third-order valence-electron chi connectivity index (χ3n) is 3.59. The summed E-state index contributed by atoms with van der Waals surface area (Å²) in [5, 5.41) is 2.73. The summed E-state index contributed by atoms with van der Waals surface area (Å²) in [6.45, 7) is 1.97. The Balaban J connectivity index is 1.88. The first-order valence-electron chi connectivity index (χ1n) is 7.76. The number of alkyl halides is 2. The molecule has 1 aromatic rings. The largest absolute Gasteiger partial charge is 0.461 e. The second kappa shape index (κ2) is 8.81. The van der Waals surface area contributed by atoms with Crippen LogP contribution in [0, 0.1) is 5.92 Å². The van der Waals surface area contributed by atoms with E-state index in [0.717, 1.165) is 11.5 Å². The fourth-order valence-corrected chi connectivity index (χ4v) is 2.97. The molecule has 1 heterocycles. The van der Waals surface area contributed by atoms with E-state index >= 15 is 0 Å². The van der Waals surface area contributed by atoms with Gasteiger partial charge >= 0.3 is 5.97 Å². The average molecular weight is 359 g/mol. The monoisotopic (exact) mass is 359 g/mol. The van der Waals surface area contributed by atoms with Gasteiger partial charge in [0, 0.05) is 18.9 Å². The van der Waals surface area contributed by atoms with E-state index in [9.17, 15) is 18.4 Å². The van der Waals surface area contributed by atoms with Crippen LogP contribution >= 0.6 is 11.5 Å². The molecule has 6 nitrogen and oxygen atoms in total. The summed E-state index contributed by atoms with van der Waals surface area (Å²) in [7, 11) is 0. The summed E-state index contributed by atoms with van der Waals surface area (Å²) in [6, 6.07) is 0. The molecule has 0 fully saturated rings. The van der Waals surface area contributed by atoms with Gasteiger partial charge in [-0.15, -0.1) is 0 Å². The molecule has 0 saturated heterocycles. The van der Waals surface area contributed by atoms with E-state index in [2.05, 4.69) is 14.7 Å². The predicted molar refractivity (Wildman–Crippen MR) is 84.1 cm³/mol. The fourth-order valence-electron chi connectivity index (χ4n) is 2.35. The maximum absolute atomic E-state index is 12.1. The van der Waals surface area contributed by atoms with Crippen LogP contribution in [-0.4, -0.2) is 40.8 Å². The van der Waals surface area contributed by atoms with Gasteiger partial charge in [-0.25, -0.2) is 18.6 Å². The number of halogens is 2. The van der Waals surface area contributed by atoms with Gasteiger partial charge in [-0.2, -0.15) is 4.37 Å². The Labute approximate surface area is 142 Å². The number of amides is 1. The van der Waals surface area contributed by atoms with Crippen molar-refractivity contribution in [1.82, 2.24) is 14.7 Å². The molecule has 0 bridgehead atoms. The third-order valence-corrected chi connectivity index (χ3v) is 4.30. The first-order chi connectivity index (χ1) is 11.5. The summed E-state index contributed by atoms with van der Waals surface area (Å²) in [6.07, 6.45) is 2.05. The minimum Gasteiger partial charge on any atom is -0.461 e. The summed E-state index contributed by atoms with van der Waals surface area (Å²) in [5.41, 5.74) is 0. The first kappa shape index (κ1) is 18.4. The van der Waals surface area contributed by atoms with E-state index < -0.39 is 12.4 Å². The van der Waals surface area contributed by atoms with E-state index in [0.29, 0.717) is 18.7 Å². The van der Waals surface area contributed by atoms with Crippen molar-refractivity contribution in [1.29, 1.82) is 0 Å². The number of allylic oxidation sites excluding steroid dienone is 1. The molecule has 1 amide bonds. The summed E-state index contributed by atoms with van der Waals surface area (Å²) < 4.78 is 33.2. The fraction of sp³-hybridized carbons (Fsp3) is 0.600. The number of carbonyl (C=O) groups is 2. The number of rotatable bonds is 7. The molecule has 1 aliphatic carbocycles. The van der Waals surface area contributed by atoms with E-state index in [1.807, 2.05) is 6.08 Å². The molecule has 0 aliphatic heterocycles. The Bertz CT molecular complexity index is 607. The molecular formula is C15H19F2N3O3S. The number of hydrogen-bond acceptors (Lipinski definition) is 6. The highest BCUT2D eigenvalue weighted by molar-refractivity contribution is 7.07. The van der Waals surface area contributed by atoms with Gasteiger partial charge in [0.15, 0.2) is 0 Å². The Hall–Kier alpha value is -1.90. The normalized spacial score (nSPS) is 20.2. The van der Waals surface area contributed by atoms with Gasteiger partial charge in [-0.1, -0.05) is 12.2 Å². The number of nitrogens with zero attached hydrogens (tertiary/aromatic N) is 2. The van der Waals surface area contributed by atoms with E-state index in [4.69, 9.17) is 4.74 Å². The average Bonchev–Trinajstić information content (AvgIpc) is 3.05. The highest BCUT2D eigenvalue weighted by atomic mass is 32.1. The van der Waals surface area contributed by atoms with Crippen LogP contribution in [0.25, 0.3) is 0 Å². The molecule has 1 N–H and O–H groups in total. The molecular weight excluding hydrogens is 340 g/mol. The zero-order valence-electron chi connectivity index (χ0n) is 13.2. The lowest BCUT2D eigenvalue weighted by Gasteiger charge is -2.20. The summed E-state index contributed by atoms with van der Waals surface area (Å²) in [5.74, 6) is -0.589. The molecule has 2 rings (SSSR count). The minimum atomic E-state index is -2.42. The quantitative estimate of drug-likeness (QED) is 0.598. The molecule has 132 valence electrons. The molecule has 9 heteroatoms. The van der Waals surface area contributed by atoms with Gasteiger partial charge < -0.3 is 10.1 Å². The van der Waals surface area contributed by atoms with Crippen molar-refractivity contribution in [2.45, 2.75) is 38.5 Å². The molecule has 24 heavy (non-hydrogen) atoms. The van der Waals surface area contributed by atoms with Crippen molar-refractivity contribution in [2.24, 2.45) is 5.92 Å². The number of hydrogen-bond donors (Lipinski definition) is 1. The molecule has 0 saturated carbocycles. The maximum Gasteiger partial charge on any atom is 0.369 e. The zero-order chi connectivity index (χ0) is 17.5. The van der Waals surface area contributed by atoms with Crippen LogP contribution in [0.15, 0.2) is 12.2 Å². The van der Waals surface area contributed by atoms with Crippen LogP contribution in [0.5, 0.6) is 0 Å². The van der Waals surface area contributed by atoms with Gasteiger partial charge in [0.2, 0.25) is 17.3 Å². The van der Waals surface area contributed by atoms with Gasteiger partial charge in [0.25, 0.3) is 0 Å². The van der Waals surface area contributed by atoms with Gasteiger partial charge in [-0.05, 0) is 31.3 Å². The highest BCUT2D eigenvalue weighted by Gasteiger charge is 2.25. The highest BCUT2D eigenvalue weighted by Crippen LogP contribution is 2.29. The van der Waals surface area contributed by atoms with Crippen LogP contribution in [0.4, 0.5) is 8.78 Å². The Kier molecular flexibility index (Phi) is 6.77. The molecule has 0 aromatic carbocycles. The molecule has 0 spiro atoms. The predicted octanol–water partition coefficient (Wildman–Crippen LogP) is 2.54. The standard InChI is InChI=1S/C15H19F2N3O3S/c1-2-23-15(22)14-19-12(20-24-14)9-3-5-10(6-4-9)13(21)18-8-7-11(16)17/h3,5,9-11H,2,4,6-8H2,1H3,(H,18,21). The van der Waals surface area contributed by atoms with Crippen molar-refractivity contribution in [2.75, 3.05) is 13.2 Å². The molecule has 2 unspecified atom stereocenters. The van der Waals surface area contributed by atoms with Crippen LogP contribution in [0.3, 0.4) is 0 Å². The topological polar surface area (TPSA) is 81.2 Å². The van der Waals surface area contributed by atoms with Crippen molar-refractivity contribution < 1.29 is 23.1 Å². The van der Waals surface area contributed by atoms with Gasteiger partial charge in [0.05, 0.1) is 12.5 Å². The Morgan fingerprint density at radius 3 is 2.83 bits per heavy atom. The van der Waals surface area contributed by atoms with E-state index in [1.54, 1.807) is 13.0 Å². The maximum atomic E-state index is 12.1. The smallest absolute Gasteiger partial charge is 0.369 e. The Morgan fingerprint density at radius 1 is 1.42 bits per heavy atom.